The van der Waals surface area contributed by atoms with E-state index in [1.807, 2.05) is 12.1 Å². The number of guanidine groups is 1. The Hall–Kier alpha value is -0.720. The van der Waals surface area contributed by atoms with Gasteiger partial charge >= 0.3 is 0 Å². The zero-order chi connectivity index (χ0) is 16.7. The van der Waals surface area contributed by atoms with Crippen molar-refractivity contribution in [1.82, 2.24) is 4.31 Å². The van der Waals surface area contributed by atoms with Crippen molar-refractivity contribution in [3.8, 4) is 5.75 Å². The second-order valence-electron chi connectivity index (χ2n) is 4.95. The molecule has 1 aliphatic rings. The lowest BCUT2D eigenvalue weighted by molar-refractivity contribution is 0.415. The fourth-order valence-corrected chi connectivity index (χ4v) is 4.55. The fraction of sp³-hybridized carbons (Fsp3) is 0.500. The highest BCUT2D eigenvalue weighted by molar-refractivity contribution is 14.0. The second-order valence-corrected chi connectivity index (χ2v) is 8.26. The first kappa shape index (κ1) is 21.3. The molecule has 1 saturated heterocycles. The molecule has 0 amide bonds. The van der Waals surface area contributed by atoms with E-state index in [4.69, 9.17) is 10.5 Å². The van der Waals surface area contributed by atoms with Gasteiger partial charge in [0, 0.05) is 30.3 Å². The first-order valence-corrected chi connectivity index (χ1v) is 10.0. The smallest absolute Gasteiger partial charge is 0.215 e. The molecule has 1 aliphatic heterocycles. The standard InChI is InChI=1S/C14H22N4O3S2.HI/c1-21-13-4-2-12(3-5-13)17-14(15)16-6-11-23(19,20)18-7-9-22-10-8-18;/h2-5H,6-11H2,1H3,(H3,15,16,17);1H. The molecule has 7 nitrogen and oxygen atoms in total. The van der Waals surface area contributed by atoms with Crippen molar-refractivity contribution in [1.29, 1.82) is 0 Å². The summed E-state index contributed by atoms with van der Waals surface area (Å²) in [5.74, 6) is 2.62. The topological polar surface area (TPSA) is 97.0 Å². The maximum absolute atomic E-state index is 12.2. The number of halogens is 1. The van der Waals surface area contributed by atoms with E-state index in [-0.39, 0.29) is 42.2 Å². The molecule has 0 spiro atoms. The minimum absolute atomic E-state index is 0. The van der Waals surface area contributed by atoms with Gasteiger partial charge in [-0.3, -0.25) is 4.99 Å². The maximum atomic E-state index is 12.2. The van der Waals surface area contributed by atoms with Crippen LogP contribution in [-0.2, 0) is 10.0 Å². The minimum atomic E-state index is -3.25. The van der Waals surface area contributed by atoms with Crippen LogP contribution in [0.2, 0.25) is 0 Å². The number of aliphatic imine (C=N–C) groups is 1. The number of nitrogens with two attached hydrogens (primary N) is 1. The number of nitrogens with zero attached hydrogens (tertiary/aromatic N) is 2. The first-order chi connectivity index (χ1) is 11.0. The number of hydrogen-bond donors (Lipinski definition) is 2. The Labute approximate surface area is 164 Å². The van der Waals surface area contributed by atoms with Gasteiger partial charge in [-0.1, -0.05) is 0 Å². The van der Waals surface area contributed by atoms with Gasteiger partial charge in [-0.2, -0.15) is 11.8 Å². The highest BCUT2D eigenvalue weighted by Crippen LogP contribution is 2.15. The molecule has 1 aromatic rings. The Morgan fingerprint density at radius 2 is 1.96 bits per heavy atom. The summed E-state index contributed by atoms with van der Waals surface area (Å²) < 4.78 is 30.9. The molecular formula is C14H23IN4O3S2. The zero-order valence-corrected chi connectivity index (χ0v) is 17.4. The van der Waals surface area contributed by atoms with Crippen LogP contribution in [0.5, 0.6) is 5.75 Å². The number of thioether (sulfide) groups is 1. The maximum Gasteiger partial charge on any atom is 0.215 e. The summed E-state index contributed by atoms with van der Waals surface area (Å²) in [5.41, 5.74) is 6.55. The average Bonchev–Trinajstić information content (AvgIpc) is 2.56. The predicted octanol–water partition coefficient (Wildman–Crippen LogP) is 1.42. The van der Waals surface area contributed by atoms with Crippen LogP contribution in [0.25, 0.3) is 0 Å². The van der Waals surface area contributed by atoms with E-state index in [0.29, 0.717) is 13.1 Å². The van der Waals surface area contributed by atoms with Crippen LogP contribution < -0.4 is 15.8 Å². The number of nitrogens with one attached hydrogen (secondary N) is 1. The van der Waals surface area contributed by atoms with Crippen molar-refractivity contribution in [2.75, 3.05) is 49.3 Å². The monoisotopic (exact) mass is 486 g/mol. The lowest BCUT2D eigenvalue weighted by Gasteiger charge is -2.25. The Bertz CT molecular complexity index is 632. The van der Waals surface area contributed by atoms with Gasteiger partial charge in [0.25, 0.3) is 0 Å². The van der Waals surface area contributed by atoms with Crippen LogP contribution in [0.4, 0.5) is 5.69 Å². The Morgan fingerprint density at radius 3 is 2.54 bits per heavy atom. The van der Waals surface area contributed by atoms with Gasteiger partial charge in [0.1, 0.15) is 5.75 Å². The Balaban J connectivity index is 0.00000288. The number of ether oxygens (including phenoxy) is 1. The molecule has 0 radical (unpaired) electrons. The summed E-state index contributed by atoms with van der Waals surface area (Å²) >= 11 is 1.77. The largest absolute Gasteiger partial charge is 0.497 e. The van der Waals surface area contributed by atoms with Crippen molar-refractivity contribution >= 4 is 57.4 Å². The van der Waals surface area contributed by atoms with Gasteiger partial charge in [-0.05, 0) is 24.3 Å². The molecule has 1 aromatic carbocycles. The fourth-order valence-electron chi connectivity index (χ4n) is 2.10. The Morgan fingerprint density at radius 1 is 1.33 bits per heavy atom. The molecule has 3 N–H and O–H groups in total. The van der Waals surface area contributed by atoms with Gasteiger partial charge in [0.15, 0.2) is 5.96 Å². The van der Waals surface area contributed by atoms with Crippen LogP contribution in [-0.4, -0.2) is 62.7 Å². The van der Waals surface area contributed by atoms with E-state index in [1.54, 1.807) is 31.0 Å². The number of sulfonamides is 1. The normalized spacial score (nSPS) is 16.3. The number of anilines is 1. The minimum Gasteiger partial charge on any atom is -0.497 e. The van der Waals surface area contributed by atoms with Crippen LogP contribution in [0.1, 0.15) is 0 Å². The molecule has 1 heterocycles. The lowest BCUT2D eigenvalue weighted by Crippen LogP contribution is -2.40. The van der Waals surface area contributed by atoms with Crippen molar-refractivity contribution in [3.05, 3.63) is 24.3 Å². The third kappa shape index (κ3) is 6.65. The van der Waals surface area contributed by atoms with E-state index >= 15 is 0 Å². The van der Waals surface area contributed by atoms with Crippen molar-refractivity contribution in [2.24, 2.45) is 10.7 Å². The lowest BCUT2D eigenvalue weighted by atomic mass is 10.3. The van der Waals surface area contributed by atoms with Gasteiger partial charge < -0.3 is 15.8 Å². The van der Waals surface area contributed by atoms with E-state index in [2.05, 4.69) is 10.3 Å². The Kier molecular flexibility index (Phi) is 9.16. The van der Waals surface area contributed by atoms with Gasteiger partial charge in [-0.15, -0.1) is 24.0 Å². The van der Waals surface area contributed by atoms with E-state index in [1.165, 1.54) is 4.31 Å². The molecule has 0 atom stereocenters. The molecule has 0 unspecified atom stereocenters. The summed E-state index contributed by atoms with van der Waals surface area (Å²) in [6.07, 6.45) is 0. The first-order valence-electron chi connectivity index (χ1n) is 7.28. The van der Waals surface area contributed by atoms with Crippen molar-refractivity contribution < 1.29 is 13.2 Å². The molecule has 1 fully saturated rings. The zero-order valence-electron chi connectivity index (χ0n) is 13.5. The predicted molar refractivity (Wildman–Crippen MR) is 111 cm³/mol. The van der Waals surface area contributed by atoms with Gasteiger partial charge in [-0.25, -0.2) is 12.7 Å². The van der Waals surface area contributed by atoms with E-state index in [9.17, 15) is 8.42 Å². The van der Waals surface area contributed by atoms with Crippen molar-refractivity contribution in [2.45, 2.75) is 0 Å². The molecule has 2 rings (SSSR count). The average molecular weight is 486 g/mol. The number of hydrogen-bond acceptors (Lipinski definition) is 5. The summed E-state index contributed by atoms with van der Waals surface area (Å²) in [7, 11) is -1.65. The van der Waals surface area contributed by atoms with Crippen LogP contribution >= 0.6 is 35.7 Å². The van der Waals surface area contributed by atoms with Gasteiger partial charge in [0.2, 0.25) is 10.0 Å². The number of methoxy groups -OCH3 is 1. The van der Waals surface area contributed by atoms with Crippen LogP contribution in [0.15, 0.2) is 29.3 Å². The van der Waals surface area contributed by atoms with Crippen molar-refractivity contribution in [3.63, 3.8) is 0 Å². The highest BCUT2D eigenvalue weighted by Gasteiger charge is 2.23. The second kappa shape index (κ2) is 10.3. The van der Waals surface area contributed by atoms with Gasteiger partial charge in [0.05, 0.1) is 19.4 Å². The van der Waals surface area contributed by atoms with E-state index < -0.39 is 10.0 Å². The molecule has 0 aliphatic carbocycles. The summed E-state index contributed by atoms with van der Waals surface area (Å²) in [5, 5.41) is 2.92. The molecular weight excluding hydrogens is 463 g/mol. The summed E-state index contributed by atoms with van der Waals surface area (Å²) in [4.78, 5) is 4.08. The summed E-state index contributed by atoms with van der Waals surface area (Å²) in [6.45, 7) is 1.30. The molecule has 0 bridgehead atoms. The summed E-state index contributed by atoms with van der Waals surface area (Å²) in [6, 6.07) is 7.22. The molecule has 136 valence electrons. The van der Waals surface area contributed by atoms with Crippen LogP contribution in [0.3, 0.4) is 0 Å². The number of benzene rings is 1. The van der Waals surface area contributed by atoms with E-state index in [0.717, 1.165) is 22.9 Å². The number of rotatable bonds is 6. The third-order valence-corrected chi connectivity index (χ3v) is 6.15. The molecule has 0 saturated carbocycles. The highest BCUT2D eigenvalue weighted by atomic mass is 127. The van der Waals surface area contributed by atoms with Crippen LogP contribution in [0, 0.1) is 0 Å². The third-order valence-electron chi connectivity index (χ3n) is 3.36. The quantitative estimate of drug-likeness (QED) is 0.359. The molecule has 10 heteroatoms. The SMILES string of the molecule is COc1ccc(NC(N)=NCCS(=O)(=O)N2CCSCC2)cc1.I. The molecule has 0 aromatic heterocycles. The molecule has 24 heavy (non-hydrogen) atoms.